The molecule has 102 valence electrons. The van der Waals surface area contributed by atoms with Gasteiger partial charge in [-0.15, -0.1) is 0 Å². The summed E-state index contributed by atoms with van der Waals surface area (Å²) in [6, 6.07) is 1.06. The van der Waals surface area contributed by atoms with Gasteiger partial charge >= 0.3 is 0 Å². The summed E-state index contributed by atoms with van der Waals surface area (Å²) < 4.78 is 1.91. The van der Waals surface area contributed by atoms with Crippen molar-refractivity contribution >= 4 is 11.8 Å². The molecular weight excluding hydrogens is 242 g/mol. The Balaban J connectivity index is 2.01. The molecule has 1 fully saturated rings. The van der Waals surface area contributed by atoms with E-state index in [0.29, 0.717) is 12.1 Å². The van der Waals surface area contributed by atoms with Crippen molar-refractivity contribution in [2.45, 2.75) is 56.9 Å². The zero-order valence-electron chi connectivity index (χ0n) is 11.9. The van der Waals surface area contributed by atoms with E-state index in [1.165, 1.54) is 31.2 Å². The van der Waals surface area contributed by atoms with Crippen LogP contribution in [0.2, 0.25) is 0 Å². The van der Waals surface area contributed by atoms with Gasteiger partial charge in [-0.1, -0.05) is 12.8 Å². The molecule has 1 N–H and O–H groups in total. The number of aryl methyl sites for hydroxylation is 2. The van der Waals surface area contributed by atoms with Crippen LogP contribution in [0.1, 0.15) is 49.9 Å². The lowest BCUT2D eigenvalue weighted by atomic mass is 9.93. The van der Waals surface area contributed by atoms with E-state index in [1.807, 2.05) is 23.5 Å². The first kappa shape index (κ1) is 13.9. The van der Waals surface area contributed by atoms with E-state index >= 15 is 0 Å². The molecule has 1 aromatic heterocycles. The van der Waals surface area contributed by atoms with Gasteiger partial charge in [-0.25, -0.2) is 0 Å². The molecule has 1 aromatic rings. The molecular formula is C14H25N3S. The lowest BCUT2D eigenvalue weighted by molar-refractivity contribution is 0.356. The SMILES string of the molecule is CSC1CCCCC1NC(C)c1cn(C)nc1C. The van der Waals surface area contributed by atoms with Crippen LogP contribution >= 0.6 is 11.8 Å². The molecule has 0 aromatic carbocycles. The molecule has 0 spiro atoms. The number of aromatic nitrogens is 2. The predicted molar refractivity (Wildman–Crippen MR) is 79.1 cm³/mol. The zero-order valence-corrected chi connectivity index (χ0v) is 12.8. The van der Waals surface area contributed by atoms with E-state index < -0.39 is 0 Å². The van der Waals surface area contributed by atoms with Gasteiger partial charge in [-0.3, -0.25) is 4.68 Å². The molecule has 0 saturated heterocycles. The molecule has 3 atom stereocenters. The highest BCUT2D eigenvalue weighted by Gasteiger charge is 2.26. The van der Waals surface area contributed by atoms with Gasteiger partial charge in [-0.05, 0) is 32.9 Å². The lowest BCUT2D eigenvalue weighted by Gasteiger charge is -2.33. The molecule has 0 amide bonds. The highest BCUT2D eigenvalue weighted by Crippen LogP contribution is 2.29. The molecule has 3 unspecified atom stereocenters. The number of thioether (sulfide) groups is 1. The van der Waals surface area contributed by atoms with Crippen molar-refractivity contribution in [3.63, 3.8) is 0 Å². The fourth-order valence-corrected chi connectivity index (χ4v) is 3.97. The average Bonchev–Trinajstić information content (AvgIpc) is 2.69. The van der Waals surface area contributed by atoms with Crippen LogP contribution in [0.3, 0.4) is 0 Å². The Morgan fingerprint density at radius 2 is 2.17 bits per heavy atom. The summed E-state index contributed by atoms with van der Waals surface area (Å²) in [6.07, 6.45) is 9.82. The minimum Gasteiger partial charge on any atom is -0.306 e. The number of nitrogens with zero attached hydrogens (tertiary/aromatic N) is 2. The smallest absolute Gasteiger partial charge is 0.0641 e. The average molecular weight is 267 g/mol. The molecule has 3 nitrogen and oxygen atoms in total. The summed E-state index contributed by atoms with van der Waals surface area (Å²) >= 11 is 2.02. The second-order valence-electron chi connectivity index (χ2n) is 5.40. The third-order valence-electron chi connectivity index (χ3n) is 3.99. The summed E-state index contributed by atoms with van der Waals surface area (Å²) in [5, 5.41) is 9.03. The Morgan fingerprint density at radius 1 is 1.44 bits per heavy atom. The van der Waals surface area contributed by atoms with Crippen LogP contribution in [0.15, 0.2) is 6.20 Å². The van der Waals surface area contributed by atoms with Crippen LogP contribution < -0.4 is 5.32 Å². The monoisotopic (exact) mass is 267 g/mol. The molecule has 1 saturated carbocycles. The summed E-state index contributed by atoms with van der Waals surface area (Å²) in [5.41, 5.74) is 2.48. The van der Waals surface area contributed by atoms with Crippen LogP contribution in [0.5, 0.6) is 0 Å². The van der Waals surface area contributed by atoms with E-state index in [9.17, 15) is 0 Å². The third-order valence-corrected chi connectivity index (χ3v) is 5.16. The summed E-state index contributed by atoms with van der Waals surface area (Å²) in [6.45, 7) is 4.36. The van der Waals surface area contributed by atoms with E-state index in [2.05, 4.69) is 36.7 Å². The van der Waals surface area contributed by atoms with Crippen molar-refractivity contribution in [2.75, 3.05) is 6.26 Å². The Bertz CT molecular complexity index is 388. The van der Waals surface area contributed by atoms with E-state index in [1.54, 1.807) is 0 Å². The van der Waals surface area contributed by atoms with Crippen molar-refractivity contribution < 1.29 is 0 Å². The van der Waals surface area contributed by atoms with Crippen LogP contribution in [0.4, 0.5) is 0 Å². The maximum atomic E-state index is 4.44. The maximum Gasteiger partial charge on any atom is 0.0641 e. The number of nitrogens with one attached hydrogen (secondary N) is 1. The molecule has 18 heavy (non-hydrogen) atoms. The zero-order chi connectivity index (χ0) is 13.1. The topological polar surface area (TPSA) is 29.9 Å². The Morgan fingerprint density at radius 3 is 2.78 bits per heavy atom. The van der Waals surface area contributed by atoms with Crippen molar-refractivity contribution in [1.29, 1.82) is 0 Å². The van der Waals surface area contributed by atoms with Crippen LogP contribution in [-0.2, 0) is 7.05 Å². The van der Waals surface area contributed by atoms with Gasteiger partial charge in [0.15, 0.2) is 0 Å². The Kier molecular flexibility index (Phi) is 4.73. The van der Waals surface area contributed by atoms with Gasteiger partial charge < -0.3 is 5.32 Å². The van der Waals surface area contributed by atoms with Crippen molar-refractivity contribution in [3.8, 4) is 0 Å². The molecule has 0 radical (unpaired) electrons. The number of rotatable bonds is 4. The van der Waals surface area contributed by atoms with Crippen molar-refractivity contribution in [3.05, 3.63) is 17.5 Å². The van der Waals surface area contributed by atoms with Gasteiger partial charge in [0.05, 0.1) is 5.69 Å². The fraction of sp³-hybridized carbons (Fsp3) is 0.786. The Labute approximate surface area is 115 Å². The number of hydrogen-bond donors (Lipinski definition) is 1. The predicted octanol–water partition coefficient (Wildman–Crippen LogP) is 3.05. The van der Waals surface area contributed by atoms with Crippen LogP contribution in [0.25, 0.3) is 0 Å². The maximum absolute atomic E-state index is 4.44. The number of hydrogen-bond acceptors (Lipinski definition) is 3. The first-order chi connectivity index (χ1) is 8.61. The normalized spacial score (nSPS) is 26.2. The molecule has 1 aliphatic rings. The minimum absolute atomic E-state index is 0.399. The molecule has 2 rings (SSSR count). The van der Waals surface area contributed by atoms with Gasteiger partial charge in [0.25, 0.3) is 0 Å². The van der Waals surface area contributed by atoms with E-state index in [4.69, 9.17) is 0 Å². The lowest BCUT2D eigenvalue weighted by Crippen LogP contribution is -2.41. The first-order valence-corrected chi connectivity index (χ1v) is 8.19. The minimum atomic E-state index is 0.399. The molecule has 0 aliphatic heterocycles. The largest absolute Gasteiger partial charge is 0.306 e. The quantitative estimate of drug-likeness (QED) is 0.909. The summed E-state index contributed by atoms with van der Waals surface area (Å²) in [5.74, 6) is 0. The molecule has 4 heteroatoms. The molecule has 1 heterocycles. The standard InChI is InChI=1S/C14H25N3S/c1-10(12-9-17(3)16-11(12)2)15-13-7-5-6-8-14(13)18-4/h9-10,13-15H,5-8H2,1-4H3. The second-order valence-corrected chi connectivity index (χ2v) is 6.47. The van der Waals surface area contributed by atoms with E-state index in [-0.39, 0.29) is 0 Å². The molecule has 0 bridgehead atoms. The summed E-state index contributed by atoms with van der Waals surface area (Å²) in [4.78, 5) is 0. The van der Waals surface area contributed by atoms with Gasteiger partial charge in [0.1, 0.15) is 0 Å². The van der Waals surface area contributed by atoms with Gasteiger partial charge in [0.2, 0.25) is 0 Å². The van der Waals surface area contributed by atoms with Crippen LogP contribution in [0, 0.1) is 6.92 Å². The Hall–Kier alpha value is -0.480. The third kappa shape index (κ3) is 3.09. The molecule has 1 aliphatic carbocycles. The van der Waals surface area contributed by atoms with E-state index in [0.717, 1.165) is 10.9 Å². The van der Waals surface area contributed by atoms with Crippen molar-refractivity contribution in [2.24, 2.45) is 7.05 Å². The fourth-order valence-electron chi connectivity index (χ4n) is 3.02. The van der Waals surface area contributed by atoms with Gasteiger partial charge in [-0.2, -0.15) is 16.9 Å². The highest BCUT2D eigenvalue weighted by molar-refractivity contribution is 7.99. The van der Waals surface area contributed by atoms with Gasteiger partial charge in [0, 0.05) is 36.1 Å². The summed E-state index contributed by atoms with van der Waals surface area (Å²) in [7, 11) is 1.99. The van der Waals surface area contributed by atoms with Crippen LogP contribution in [-0.4, -0.2) is 27.3 Å². The second kappa shape index (κ2) is 6.11. The first-order valence-electron chi connectivity index (χ1n) is 6.90. The highest BCUT2D eigenvalue weighted by atomic mass is 32.2. The van der Waals surface area contributed by atoms with Crippen molar-refractivity contribution in [1.82, 2.24) is 15.1 Å².